The Balaban J connectivity index is 1.15. The summed E-state index contributed by atoms with van der Waals surface area (Å²) in [6.07, 6.45) is 6.77. The van der Waals surface area contributed by atoms with Crippen LogP contribution in [-0.2, 0) is 4.74 Å². The van der Waals surface area contributed by atoms with Gasteiger partial charge in [0, 0.05) is 11.2 Å². The number of rotatable bonds is 6. The summed E-state index contributed by atoms with van der Waals surface area (Å²) in [4.78, 5) is 26.2. The average molecular weight is 481 g/mol. The summed E-state index contributed by atoms with van der Waals surface area (Å²) in [5.74, 6) is 1.85. The van der Waals surface area contributed by atoms with Crippen LogP contribution in [0.15, 0.2) is 84.9 Å². The van der Waals surface area contributed by atoms with Gasteiger partial charge in [-0.1, -0.05) is 66.7 Å². The number of anilines is 1. The zero-order valence-corrected chi connectivity index (χ0v) is 20.4. The van der Waals surface area contributed by atoms with E-state index in [2.05, 4.69) is 10.6 Å². The fourth-order valence-corrected chi connectivity index (χ4v) is 7.15. The topological polar surface area (TPSA) is 67.4 Å². The maximum absolute atomic E-state index is 13.2. The summed E-state index contributed by atoms with van der Waals surface area (Å²) < 4.78 is 5.99. The number of hydrogen-bond donors (Lipinski definition) is 2. The van der Waals surface area contributed by atoms with E-state index in [4.69, 9.17) is 4.74 Å². The second kappa shape index (κ2) is 9.45. The van der Waals surface area contributed by atoms with Crippen LogP contribution in [0, 0.1) is 17.8 Å². The Morgan fingerprint density at radius 2 is 1.31 bits per heavy atom. The molecule has 0 aromatic heterocycles. The van der Waals surface area contributed by atoms with Crippen molar-refractivity contribution in [1.29, 1.82) is 0 Å². The summed E-state index contributed by atoms with van der Waals surface area (Å²) in [6, 6.07) is 26.3. The maximum atomic E-state index is 13.2. The van der Waals surface area contributed by atoms with Crippen LogP contribution in [0.5, 0.6) is 0 Å². The lowest BCUT2D eigenvalue weighted by molar-refractivity contribution is -0.0127. The molecule has 2 amide bonds. The predicted molar refractivity (Wildman–Crippen MR) is 140 cm³/mol. The average Bonchev–Trinajstić information content (AvgIpc) is 2.87. The third kappa shape index (κ3) is 4.75. The summed E-state index contributed by atoms with van der Waals surface area (Å²) >= 11 is 0. The van der Waals surface area contributed by atoms with Gasteiger partial charge in [0.15, 0.2) is 6.10 Å². The maximum Gasteiger partial charge on any atom is 0.339 e. The lowest BCUT2D eigenvalue weighted by Crippen LogP contribution is -2.60. The largest absolute Gasteiger partial charge is 0.449 e. The Morgan fingerprint density at radius 3 is 1.86 bits per heavy atom. The molecular formula is C31H32N2O3. The third-order valence-corrected chi connectivity index (χ3v) is 8.20. The van der Waals surface area contributed by atoms with Crippen molar-refractivity contribution in [3.05, 3.63) is 102 Å². The van der Waals surface area contributed by atoms with Crippen molar-refractivity contribution in [3.63, 3.8) is 0 Å². The van der Waals surface area contributed by atoms with Crippen molar-refractivity contribution in [2.24, 2.45) is 17.8 Å². The smallest absolute Gasteiger partial charge is 0.339 e. The van der Waals surface area contributed by atoms with Gasteiger partial charge in [-0.3, -0.25) is 0 Å². The lowest BCUT2D eigenvalue weighted by Gasteiger charge is -2.56. The summed E-state index contributed by atoms with van der Waals surface area (Å²) in [5.41, 5.74) is 2.73. The zero-order valence-electron chi connectivity index (χ0n) is 20.4. The summed E-state index contributed by atoms with van der Waals surface area (Å²) in [6.45, 7) is 0. The van der Waals surface area contributed by atoms with E-state index in [-0.39, 0.29) is 11.6 Å². The second-order valence-corrected chi connectivity index (χ2v) is 11.0. The molecule has 0 aliphatic heterocycles. The van der Waals surface area contributed by atoms with Crippen LogP contribution in [0.25, 0.3) is 0 Å². The quantitative estimate of drug-likeness (QED) is 0.385. The Labute approximate surface area is 212 Å². The number of benzene rings is 3. The van der Waals surface area contributed by atoms with Crippen LogP contribution in [0.2, 0.25) is 0 Å². The van der Waals surface area contributed by atoms with Crippen LogP contribution in [-0.4, -0.2) is 17.5 Å². The van der Waals surface area contributed by atoms with Gasteiger partial charge in [-0.2, -0.15) is 0 Å². The summed E-state index contributed by atoms with van der Waals surface area (Å²) in [5, 5.41) is 6.30. The normalized spacial score (nSPS) is 26.0. The molecule has 0 saturated heterocycles. The molecule has 4 fully saturated rings. The van der Waals surface area contributed by atoms with Crippen LogP contribution >= 0.6 is 0 Å². The van der Waals surface area contributed by atoms with E-state index in [1.54, 1.807) is 18.2 Å². The molecule has 0 atom stereocenters. The molecule has 4 aliphatic rings. The van der Waals surface area contributed by atoms with Crippen LogP contribution in [0.4, 0.5) is 10.5 Å². The molecule has 184 valence electrons. The monoisotopic (exact) mass is 480 g/mol. The molecule has 0 radical (unpaired) electrons. The van der Waals surface area contributed by atoms with E-state index in [0.29, 0.717) is 11.3 Å². The number of carbonyl (C=O) groups excluding carboxylic acids is 2. The van der Waals surface area contributed by atoms with Crippen molar-refractivity contribution < 1.29 is 14.3 Å². The van der Waals surface area contributed by atoms with Gasteiger partial charge in [-0.05, 0) is 85.6 Å². The molecule has 5 nitrogen and oxygen atoms in total. The first-order valence-electron chi connectivity index (χ1n) is 13.1. The molecule has 36 heavy (non-hydrogen) atoms. The molecule has 0 spiro atoms. The van der Waals surface area contributed by atoms with Gasteiger partial charge in [0.25, 0.3) is 0 Å². The number of carbonyl (C=O) groups is 2. The van der Waals surface area contributed by atoms with Crippen molar-refractivity contribution >= 4 is 17.7 Å². The first kappa shape index (κ1) is 22.8. The molecule has 0 unspecified atom stereocenters. The fraction of sp³-hybridized carbons (Fsp3) is 0.355. The molecule has 5 heteroatoms. The van der Waals surface area contributed by atoms with E-state index < -0.39 is 12.1 Å². The molecule has 4 saturated carbocycles. The predicted octanol–water partition coefficient (Wildman–Crippen LogP) is 6.72. The number of urea groups is 1. The molecule has 3 aromatic rings. The second-order valence-electron chi connectivity index (χ2n) is 11.0. The Kier molecular flexibility index (Phi) is 6.00. The molecular weight excluding hydrogens is 448 g/mol. The van der Waals surface area contributed by atoms with Gasteiger partial charge in [0.2, 0.25) is 0 Å². The first-order chi connectivity index (χ1) is 17.6. The van der Waals surface area contributed by atoms with Gasteiger partial charge in [0.05, 0.1) is 5.56 Å². The zero-order chi connectivity index (χ0) is 24.5. The van der Waals surface area contributed by atoms with E-state index in [0.717, 1.165) is 48.1 Å². The van der Waals surface area contributed by atoms with Crippen LogP contribution in [0.3, 0.4) is 0 Å². The molecule has 0 heterocycles. The highest BCUT2D eigenvalue weighted by Crippen LogP contribution is 2.55. The summed E-state index contributed by atoms with van der Waals surface area (Å²) in [7, 11) is 0. The first-order valence-corrected chi connectivity index (χ1v) is 13.1. The standard InChI is InChI=1S/C31H32N2O3/c34-29(36-28(24-8-3-1-4-9-24)25-10-5-2-6-11-25)26-12-7-13-27(17-26)32-30(35)33-31-18-21-14-22(19-31)16-23(15-21)20-31/h1-13,17,21-23,28H,14-16,18-20H2,(H2,32,33,35). The molecule has 7 rings (SSSR count). The van der Waals surface area contributed by atoms with E-state index in [1.165, 1.54) is 19.3 Å². The van der Waals surface area contributed by atoms with Gasteiger partial charge in [-0.15, -0.1) is 0 Å². The van der Waals surface area contributed by atoms with E-state index in [9.17, 15) is 9.59 Å². The van der Waals surface area contributed by atoms with Crippen molar-refractivity contribution in [1.82, 2.24) is 5.32 Å². The minimum absolute atomic E-state index is 0.0615. The van der Waals surface area contributed by atoms with Crippen LogP contribution < -0.4 is 10.6 Å². The molecule has 4 aliphatic carbocycles. The number of amides is 2. The van der Waals surface area contributed by atoms with Crippen molar-refractivity contribution in [3.8, 4) is 0 Å². The van der Waals surface area contributed by atoms with E-state index in [1.807, 2.05) is 66.7 Å². The third-order valence-electron chi connectivity index (χ3n) is 8.20. The number of hydrogen-bond acceptors (Lipinski definition) is 3. The van der Waals surface area contributed by atoms with Gasteiger partial charge in [-0.25, -0.2) is 9.59 Å². The van der Waals surface area contributed by atoms with Gasteiger partial charge >= 0.3 is 12.0 Å². The van der Waals surface area contributed by atoms with Gasteiger partial charge in [0.1, 0.15) is 0 Å². The fourth-order valence-electron chi connectivity index (χ4n) is 7.15. The Hall–Kier alpha value is -3.60. The number of nitrogens with one attached hydrogen (secondary N) is 2. The van der Waals surface area contributed by atoms with E-state index >= 15 is 0 Å². The highest BCUT2D eigenvalue weighted by atomic mass is 16.5. The van der Waals surface area contributed by atoms with Crippen LogP contribution in [0.1, 0.15) is 66.1 Å². The Morgan fingerprint density at radius 1 is 0.750 bits per heavy atom. The molecule has 4 bridgehead atoms. The highest BCUT2D eigenvalue weighted by molar-refractivity contribution is 5.94. The van der Waals surface area contributed by atoms with Crippen molar-refractivity contribution in [2.75, 3.05) is 5.32 Å². The molecule has 2 N–H and O–H groups in total. The minimum atomic E-state index is -0.518. The Bertz CT molecular complexity index is 1170. The lowest BCUT2D eigenvalue weighted by atomic mass is 9.53. The molecule has 3 aromatic carbocycles. The number of ether oxygens (including phenoxy) is 1. The minimum Gasteiger partial charge on any atom is -0.449 e. The van der Waals surface area contributed by atoms with Gasteiger partial charge < -0.3 is 15.4 Å². The highest BCUT2D eigenvalue weighted by Gasteiger charge is 2.51. The van der Waals surface area contributed by atoms with Crippen molar-refractivity contribution in [2.45, 2.75) is 50.2 Å². The number of esters is 1. The SMILES string of the molecule is O=C(Nc1cccc(C(=O)OC(c2ccccc2)c2ccccc2)c1)NC12CC3CC(CC(C3)C1)C2.